The largest absolute Gasteiger partial charge is 0.444 e. The summed E-state index contributed by atoms with van der Waals surface area (Å²) >= 11 is 0. The Labute approximate surface area is 129 Å². The molecule has 22 heavy (non-hydrogen) atoms. The molecule has 2 unspecified atom stereocenters. The number of likely N-dealkylation sites (tertiary alicyclic amines) is 1. The summed E-state index contributed by atoms with van der Waals surface area (Å²) in [6, 6.07) is 1.60. The number of aromatic nitrogens is 2. The molecule has 1 aliphatic rings. The zero-order chi connectivity index (χ0) is 16.3. The van der Waals surface area contributed by atoms with Crippen molar-refractivity contribution < 1.29 is 9.53 Å². The average molecular weight is 306 g/mol. The molecule has 120 valence electrons. The van der Waals surface area contributed by atoms with Crippen molar-refractivity contribution in [1.82, 2.24) is 14.7 Å². The molecule has 0 aliphatic carbocycles. The van der Waals surface area contributed by atoms with Crippen molar-refractivity contribution in [3.05, 3.63) is 28.4 Å². The van der Waals surface area contributed by atoms with Crippen molar-refractivity contribution in [3.63, 3.8) is 0 Å². The summed E-state index contributed by atoms with van der Waals surface area (Å²) in [7, 11) is 0. The Hall–Kier alpha value is -2.21. The maximum Gasteiger partial charge on any atom is 0.410 e. The summed E-state index contributed by atoms with van der Waals surface area (Å²) in [6.45, 7) is 8.35. The number of ether oxygens (including phenoxy) is 1. The van der Waals surface area contributed by atoms with E-state index in [1.807, 2.05) is 40.0 Å². The van der Waals surface area contributed by atoms with Crippen LogP contribution in [0, 0.1) is 6.92 Å². The first-order valence-corrected chi connectivity index (χ1v) is 7.32. The van der Waals surface area contributed by atoms with E-state index in [2.05, 4.69) is 15.1 Å². The molecule has 1 amide bonds. The molecule has 0 aromatic carbocycles. The lowest BCUT2D eigenvalue weighted by Crippen LogP contribution is -2.41. The Bertz CT molecular complexity index is 584. The second-order valence-electron chi connectivity index (χ2n) is 6.56. The van der Waals surface area contributed by atoms with Crippen molar-refractivity contribution in [2.75, 3.05) is 6.54 Å². The predicted molar refractivity (Wildman–Crippen MR) is 81.2 cm³/mol. The molecule has 0 saturated carbocycles. The Morgan fingerprint density at radius 3 is 2.86 bits per heavy atom. The summed E-state index contributed by atoms with van der Waals surface area (Å²) in [5, 5.41) is 8.10. The van der Waals surface area contributed by atoms with Crippen molar-refractivity contribution in [2.45, 2.75) is 58.3 Å². The molecular formula is C14H22N6O2. The van der Waals surface area contributed by atoms with Gasteiger partial charge < -0.3 is 9.64 Å². The summed E-state index contributed by atoms with van der Waals surface area (Å²) in [4.78, 5) is 16.9. The maximum absolute atomic E-state index is 12.4. The van der Waals surface area contributed by atoms with Crippen LogP contribution in [-0.2, 0) is 11.3 Å². The van der Waals surface area contributed by atoms with Gasteiger partial charge >= 0.3 is 6.09 Å². The first-order valence-electron chi connectivity index (χ1n) is 7.32. The minimum Gasteiger partial charge on any atom is -0.444 e. The number of rotatable bonds is 3. The Kier molecular flexibility index (Phi) is 4.61. The van der Waals surface area contributed by atoms with Crippen molar-refractivity contribution in [3.8, 4) is 0 Å². The molecule has 1 aromatic heterocycles. The fourth-order valence-electron chi connectivity index (χ4n) is 2.55. The monoisotopic (exact) mass is 306 g/mol. The minimum absolute atomic E-state index is 0.0929. The highest BCUT2D eigenvalue weighted by Gasteiger charge is 2.37. The van der Waals surface area contributed by atoms with Gasteiger partial charge in [-0.15, -0.1) is 0 Å². The van der Waals surface area contributed by atoms with Crippen LogP contribution in [0.1, 0.15) is 32.9 Å². The highest BCUT2D eigenvalue weighted by atomic mass is 16.6. The average Bonchev–Trinajstić information content (AvgIpc) is 2.95. The van der Waals surface area contributed by atoms with Gasteiger partial charge in [0.05, 0.1) is 24.3 Å². The van der Waals surface area contributed by atoms with Gasteiger partial charge in [0.25, 0.3) is 0 Å². The van der Waals surface area contributed by atoms with Crippen LogP contribution in [0.4, 0.5) is 4.79 Å². The first kappa shape index (κ1) is 16.2. The maximum atomic E-state index is 12.4. The molecule has 0 bridgehead atoms. The van der Waals surface area contributed by atoms with Crippen LogP contribution >= 0.6 is 0 Å². The van der Waals surface area contributed by atoms with Gasteiger partial charge in [-0.05, 0) is 45.7 Å². The van der Waals surface area contributed by atoms with Crippen molar-refractivity contribution in [2.24, 2.45) is 5.11 Å². The third-order valence-corrected chi connectivity index (χ3v) is 3.41. The normalized spacial score (nSPS) is 21.5. The summed E-state index contributed by atoms with van der Waals surface area (Å²) < 4.78 is 7.25. The van der Waals surface area contributed by atoms with E-state index < -0.39 is 5.60 Å². The van der Waals surface area contributed by atoms with Gasteiger partial charge in [-0.3, -0.25) is 4.68 Å². The summed E-state index contributed by atoms with van der Waals surface area (Å²) in [5.41, 5.74) is 8.99. The van der Waals surface area contributed by atoms with Gasteiger partial charge in [0, 0.05) is 17.7 Å². The van der Waals surface area contributed by atoms with Crippen LogP contribution < -0.4 is 0 Å². The SMILES string of the molecule is Cc1ccn(CC2CC(N=[N+]=[N-])CN2C(=O)OC(C)(C)C)n1. The van der Waals surface area contributed by atoms with Gasteiger partial charge in [0.15, 0.2) is 0 Å². The molecule has 1 fully saturated rings. The zero-order valence-electron chi connectivity index (χ0n) is 13.4. The van der Waals surface area contributed by atoms with Gasteiger partial charge in [0.1, 0.15) is 5.60 Å². The van der Waals surface area contributed by atoms with Crippen LogP contribution in [0.25, 0.3) is 10.4 Å². The molecule has 1 aliphatic heterocycles. The highest BCUT2D eigenvalue weighted by Crippen LogP contribution is 2.24. The van der Waals surface area contributed by atoms with E-state index in [9.17, 15) is 4.79 Å². The highest BCUT2D eigenvalue weighted by molar-refractivity contribution is 5.69. The van der Waals surface area contributed by atoms with E-state index in [-0.39, 0.29) is 18.2 Å². The van der Waals surface area contributed by atoms with Gasteiger partial charge in [-0.2, -0.15) is 5.10 Å². The Morgan fingerprint density at radius 2 is 2.32 bits per heavy atom. The molecule has 0 radical (unpaired) electrons. The second kappa shape index (κ2) is 6.27. The third-order valence-electron chi connectivity index (χ3n) is 3.41. The lowest BCUT2D eigenvalue weighted by Gasteiger charge is -2.28. The molecule has 8 heteroatoms. The number of aryl methyl sites for hydroxylation is 1. The van der Waals surface area contributed by atoms with Gasteiger partial charge in [-0.25, -0.2) is 4.79 Å². The molecule has 2 atom stereocenters. The van der Waals surface area contributed by atoms with Crippen LogP contribution in [0.5, 0.6) is 0 Å². The number of carbonyl (C=O) groups excluding carboxylic acids is 1. The molecule has 1 aromatic rings. The van der Waals surface area contributed by atoms with Crippen LogP contribution in [0.15, 0.2) is 17.4 Å². The smallest absolute Gasteiger partial charge is 0.410 e. The molecule has 1 saturated heterocycles. The molecule has 2 heterocycles. The van der Waals surface area contributed by atoms with E-state index in [1.165, 1.54) is 0 Å². The topological polar surface area (TPSA) is 96.1 Å². The second-order valence-corrected chi connectivity index (χ2v) is 6.56. The quantitative estimate of drug-likeness (QED) is 0.488. The summed E-state index contributed by atoms with van der Waals surface area (Å²) in [5.74, 6) is 0. The molecule has 8 nitrogen and oxygen atoms in total. The van der Waals surface area contributed by atoms with E-state index in [0.717, 1.165) is 5.69 Å². The molecular weight excluding hydrogens is 284 g/mol. The van der Waals surface area contributed by atoms with Crippen LogP contribution in [0.2, 0.25) is 0 Å². The minimum atomic E-state index is -0.555. The van der Waals surface area contributed by atoms with Crippen LogP contribution in [0.3, 0.4) is 0 Å². The Morgan fingerprint density at radius 1 is 1.59 bits per heavy atom. The fraction of sp³-hybridized carbons (Fsp3) is 0.714. The van der Waals surface area contributed by atoms with Gasteiger partial charge in [0.2, 0.25) is 0 Å². The number of hydrogen-bond acceptors (Lipinski definition) is 4. The predicted octanol–water partition coefficient (Wildman–Crippen LogP) is 2.88. The molecule has 0 spiro atoms. The van der Waals surface area contributed by atoms with E-state index in [4.69, 9.17) is 10.3 Å². The molecule has 0 N–H and O–H groups in total. The summed E-state index contributed by atoms with van der Waals surface area (Å²) in [6.07, 6.45) is 2.11. The fourth-order valence-corrected chi connectivity index (χ4v) is 2.55. The Balaban J connectivity index is 2.12. The number of hydrogen-bond donors (Lipinski definition) is 0. The number of amides is 1. The first-order chi connectivity index (χ1) is 10.3. The third kappa shape index (κ3) is 4.14. The standard InChI is InChI=1S/C14H22N6O2/c1-10-5-6-19(17-10)9-12-7-11(16-18-15)8-20(12)13(21)22-14(2,3)4/h5-6,11-12H,7-9H2,1-4H3. The van der Waals surface area contributed by atoms with E-state index >= 15 is 0 Å². The van der Waals surface area contributed by atoms with Crippen molar-refractivity contribution >= 4 is 6.09 Å². The number of azide groups is 1. The lowest BCUT2D eigenvalue weighted by molar-refractivity contribution is 0.0210. The van der Waals surface area contributed by atoms with E-state index in [0.29, 0.717) is 19.5 Å². The van der Waals surface area contributed by atoms with E-state index in [1.54, 1.807) is 9.58 Å². The number of nitrogens with zero attached hydrogens (tertiary/aromatic N) is 6. The van der Waals surface area contributed by atoms with Crippen LogP contribution in [-0.4, -0.2) is 45.0 Å². The van der Waals surface area contributed by atoms with Crippen molar-refractivity contribution in [1.29, 1.82) is 0 Å². The number of carbonyl (C=O) groups is 1. The van der Waals surface area contributed by atoms with Gasteiger partial charge in [-0.1, -0.05) is 5.11 Å². The molecule has 2 rings (SSSR count). The lowest BCUT2D eigenvalue weighted by atomic mass is 10.2. The zero-order valence-corrected chi connectivity index (χ0v) is 13.4.